The number of nitrogens with one attached hydrogen (secondary N) is 1. The second-order valence-electron chi connectivity index (χ2n) is 7.15. The van der Waals surface area contributed by atoms with Gasteiger partial charge in [0, 0.05) is 19.7 Å². The van der Waals surface area contributed by atoms with Crippen LogP contribution in [0.25, 0.3) is 0 Å². The highest BCUT2D eigenvalue weighted by Gasteiger charge is 2.15. The molecule has 0 aliphatic rings. The number of aliphatic hydroxyl groups is 1. The van der Waals surface area contributed by atoms with E-state index in [0.717, 1.165) is 11.3 Å². The van der Waals surface area contributed by atoms with Gasteiger partial charge in [0.25, 0.3) is 0 Å². The van der Waals surface area contributed by atoms with E-state index >= 15 is 0 Å². The predicted octanol–water partition coefficient (Wildman–Crippen LogP) is 2.85. The minimum atomic E-state index is -0.624. The first-order chi connectivity index (χ1) is 11.3. The SMILES string of the molecule is Cn1nccc1CNC(=O)CCC(O)c1ccc(C(C)(C)C)cc1. The Morgan fingerprint density at radius 3 is 2.46 bits per heavy atom. The van der Waals surface area contributed by atoms with Crippen LogP contribution in [-0.4, -0.2) is 20.8 Å². The van der Waals surface area contributed by atoms with Gasteiger partial charge in [-0.1, -0.05) is 45.0 Å². The number of carbonyl (C=O) groups is 1. The molecule has 5 nitrogen and oxygen atoms in total. The van der Waals surface area contributed by atoms with E-state index in [1.807, 2.05) is 37.4 Å². The number of carbonyl (C=O) groups excluding carboxylic acids is 1. The summed E-state index contributed by atoms with van der Waals surface area (Å²) >= 11 is 0. The summed E-state index contributed by atoms with van der Waals surface area (Å²) in [6.07, 6.45) is 1.78. The Bertz CT molecular complexity index is 669. The van der Waals surface area contributed by atoms with E-state index in [4.69, 9.17) is 0 Å². The smallest absolute Gasteiger partial charge is 0.220 e. The molecule has 24 heavy (non-hydrogen) atoms. The summed E-state index contributed by atoms with van der Waals surface area (Å²) in [4.78, 5) is 11.9. The van der Waals surface area contributed by atoms with Crippen molar-refractivity contribution in [2.75, 3.05) is 0 Å². The lowest BCUT2D eigenvalue weighted by Gasteiger charge is -2.20. The molecule has 0 aliphatic heterocycles. The number of benzene rings is 1. The van der Waals surface area contributed by atoms with E-state index in [2.05, 4.69) is 31.2 Å². The molecule has 0 bridgehead atoms. The molecule has 2 N–H and O–H groups in total. The summed E-state index contributed by atoms with van der Waals surface area (Å²) in [5.41, 5.74) is 3.12. The lowest BCUT2D eigenvalue weighted by Crippen LogP contribution is -2.24. The van der Waals surface area contributed by atoms with Crippen molar-refractivity contribution in [1.82, 2.24) is 15.1 Å². The van der Waals surface area contributed by atoms with Gasteiger partial charge in [0.2, 0.25) is 5.91 Å². The van der Waals surface area contributed by atoms with Gasteiger partial charge in [-0.15, -0.1) is 0 Å². The number of rotatable bonds is 6. The lowest BCUT2D eigenvalue weighted by molar-refractivity contribution is -0.121. The molecule has 2 rings (SSSR count). The van der Waals surface area contributed by atoms with Crippen LogP contribution in [-0.2, 0) is 23.8 Å². The van der Waals surface area contributed by atoms with Crippen LogP contribution in [0, 0.1) is 0 Å². The third kappa shape index (κ3) is 4.93. The second kappa shape index (κ2) is 7.62. The van der Waals surface area contributed by atoms with Crippen LogP contribution in [0.4, 0.5) is 0 Å². The summed E-state index contributed by atoms with van der Waals surface area (Å²) in [7, 11) is 1.84. The van der Waals surface area contributed by atoms with Crippen molar-refractivity contribution in [3.05, 3.63) is 53.3 Å². The molecule has 0 saturated carbocycles. The first-order valence-electron chi connectivity index (χ1n) is 8.29. The first kappa shape index (κ1) is 18.2. The number of hydrogen-bond donors (Lipinski definition) is 2. The third-order valence-corrected chi connectivity index (χ3v) is 4.20. The maximum Gasteiger partial charge on any atom is 0.220 e. The molecule has 0 spiro atoms. The second-order valence-corrected chi connectivity index (χ2v) is 7.15. The fourth-order valence-corrected chi connectivity index (χ4v) is 2.49. The standard InChI is InChI=1S/C19H27N3O2/c1-19(2,3)15-7-5-14(6-8-15)17(23)9-10-18(24)20-13-16-11-12-21-22(16)4/h5-8,11-12,17,23H,9-10,13H2,1-4H3,(H,20,24). The summed E-state index contributed by atoms with van der Waals surface area (Å²) < 4.78 is 1.73. The van der Waals surface area contributed by atoms with Gasteiger partial charge in [-0.25, -0.2) is 0 Å². The minimum absolute atomic E-state index is 0.0680. The molecule has 0 aliphatic carbocycles. The molecule has 2 aromatic rings. The molecule has 5 heteroatoms. The maximum absolute atomic E-state index is 11.9. The molecular weight excluding hydrogens is 302 g/mol. The zero-order valence-electron chi connectivity index (χ0n) is 14.9. The highest BCUT2D eigenvalue weighted by atomic mass is 16.3. The topological polar surface area (TPSA) is 67.2 Å². The Hall–Kier alpha value is -2.14. The van der Waals surface area contributed by atoms with Gasteiger partial charge < -0.3 is 10.4 Å². The largest absolute Gasteiger partial charge is 0.388 e. The predicted molar refractivity (Wildman–Crippen MR) is 94.4 cm³/mol. The summed E-state index contributed by atoms with van der Waals surface area (Å²) in [6.45, 7) is 6.92. The van der Waals surface area contributed by atoms with E-state index in [9.17, 15) is 9.90 Å². The maximum atomic E-state index is 11.9. The Kier molecular flexibility index (Phi) is 5.78. The quantitative estimate of drug-likeness (QED) is 0.856. The van der Waals surface area contributed by atoms with E-state index < -0.39 is 6.10 Å². The van der Waals surface area contributed by atoms with Crippen LogP contribution >= 0.6 is 0 Å². The summed E-state index contributed by atoms with van der Waals surface area (Å²) in [5.74, 6) is -0.0680. The van der Waals surface area contributed by atoms with Crippen LogP contribution in [0.5, 0.6) is 0 Å². The van der Waals surface area contributed by atoms with Crippen molar-refractivity contribution in [2.24, 2.45) is 7.05 Å². The number of hydrogen-bond acceptors (Lipinski definition) is 3. The van der Waals surface area contributed by atoms with Gasteiger partial charge in [-0.3, -0.25) is 9.48 Å². The van der Waals surface area contributed by atoms with Gasteiger partial charge in [0.05, 0.1) is 18.3 Å². The molecule has 1 amide bonds. The fraction of sp³-hybridized carbons (Fsp3) is 0.474. The number of aromatic nitrogens is 2. The molecule has 0 fully saturated rings. The Morgan fingerprint density at radius 1 is 1.25 bits per heavy atom. The van der Waals surface area contributed by atoms with Gasteiger partial charge in [0.15, 0.2) is 0 Å². The molecule has 1 atom stereocenters. The van der Waals surface area contributed by atoms with Crippen molar-refractivity contribution in [3.63, 3.8) is 0 Å². The van der Waals surface area contributed by atoms with E-state index in [-0.39, 0.29) is 11.3 Å². The van der Waals surface area contributed by atoms with Gasteiger partial charge in [0.1, 0.15) is 0 Å². The third-order valence-electron chi connectivity index (χ3n) is 4.20. The average Bonchev–Trinajstić information content (AvgIpc) is 2.95. The molecule has 1 heterocycles. The Morgan fingerprint density at radius 2 is 1.92 bits per heavy atom. The van der Waals surface area contributed by atoms with E-state index in [1.165, 1.54) is 5.56 Å². The highest BCUT2D eigenvalue weighted by molar-refractivity contribution is 5.75. The first-order valence-corrected chi connectivity index (χ1v) is 8.29. The van der Waals surface area contributed by atoms with E-state index in [1.54, 1.807) is 10.9 Å². The molecule has 0 radical (unpaired) electrons. The average molecular weight is 329 g/mol. The van der Waals surface area contributed by atoms with Gasteiger partial charge >= 0.3 is 0 Å². The zero-order valence-corrected chi connectivity index (χ0v) is 14.9. The van der Waals surface area contributed by atoms with Crippen molar-refractivity contribution >= 4 is 5.91 Å². The molecule has 1 aromatic carbocycles. The summed E-state index contributed by atoms with van der Waals surface area (Å²) in [5, 5.41) is 17.2. The monoisotopic (exact) mass is 329 g/mol. The number of nitrogens with zero attached hydrogens (tertiary/aromatic N) is 2. The van der Waals surface area contributed by atoms with Crippen molar-refractivity contribution in [1.29, 1.82) is 0 Å². The van der Waals surface area contributed by atoms with Crippen molar-refractivity contribution in [2.45, 2.75) is 51.7 Å². The number of amides is 1. The molecular formula is C19H27N3O2. The van der Waals surface area contributed by atoms with Gasteiger partial charge in [-0.2, -0.15) is 5.10 Å². The zero-order chi connectivity index (χ0) is 17.7. The van der Waals surface area contributed by atoms with Crippen LogP contribution < -0.4 is 5.32 Å². The van der Waals surface area contributed by atoms with E-state index in [0.29, 0.717) is 19.4 Å². The lowest BCUT2D eigenvalue weighted by atomic mass is 9.86. The van der Waals surface area contributed by atoms with Crippen molar-refractivity contribution in [3.8, 4) is 0 Å². The number of aryl methyl sites for hydroxylation is 1. The van der Waals surface area contributed by atoms with Gasteiger partial charge in [-0.05, 0) is 29.0 Å². The Balaban J connectivity index is 1.81. The van der Waals surface area contributed by atoms with Crippen LogP contribution in [0.2, 0.25) is 0 Å². The number of aliphatic hydroxyl groups excluding tert-OH is 1. The molecule has 0 saturated heterocycles. The highest BCUT2D eigenvalue weighted by Crippen LogP contribution is 2.25. The van der Waals surface area contributed by atoms with Crippen LogP contribution in [0.15, 0.2) is 36.5 Å². The fourth-order valence-electron chi connectivity index (χ4n) is 2.49. The molecule has 1 unspecified atom stereocenters. The van der Waals surface area contributed by atoms with Crippen LogP contribution in [0.1, 0.15) is 56.5 Å². The van der Waals surface area contributed by atoms with Crippen LogP contribution in [0.3, 0.4) is 0 Å². The summed E-state index contributed by atoms with van der Waals surface area (Å²) in [6, 6.07) is 9.84. The normalized spacial score (nSPS) is 12.9. The van der Waals surface area contributed by atoms with Crippen molar-refractivity contribution < 1.29 is 9.90 Å². The molecule has 130 valence electrons. The molecule has 1 aromatic heterocycles. The minimum Gasteiger partial charge on any atom is -0.388 e. The Labute approximate surface area is 143 Å².